The minimum absolute atomic E-state index is 1.09. The first-order chi connectivity index (χ1) is 8.10. The topological polar surface area (TPSA) is 0 Å². The van der Waals surface area contributed by atoms with Gasteiger partial charge in [0.25, 0.3) is 0 Å². The Bertz CT molecular complexity index is 437. The van der Waals surface area contributed by atoms with Crippen LogP contribution in [-0.4, -0.2) is 0 Å². The number of allylic oxidation sites excluding steroid dienone is 10. The van der Waals surface area contributed by atoms with E-state index in [4.69, 9.17) is 0 Å². The van der Waals surface area contributed by atoms with Gasteiger partial charge in [0.05, 0.1) is 0 Å². The van der Waals surface area contributed by atoms with Gasteiger partial charge in [-0.05, 0) is 55.9 Å². The number of hydrogen-bond acceptors (Lipinski definition) is 0. The Labute approximate surface area is 105 Å². The van der Waals surface area contributed by atoms with Crippen molar-refractivity contribution in [2.45, 2.75) is 33.6 Å². The highest BCUT2D eigenvalue weighted by Gasteiger charge is 2.13. The SMILES string of the molecule is C=C/C=C(/C)C(=C)C1=C(/C=C\C)C=C(C)CC1. The average Bonchev–Trinajstić information content (AvgIpc) is 2.29. The summed E-state index contributed by atoms with van der Waals surface area (Å²) in [6.07, 6.45) is 12.6. The Morgan fingerprint density at radius 2 is 2.06 bits per heavy atom. The first-order valence-electron chi connectivity index (χ1n) is 6.12. The molecule has 0 fully saturated rings. The summed E-state index contributed by atoms with van der Waals surface area (Å²) in [5.74, 6) is 0. The third-order valence-corrected chi connectivity index (χ3v) is 3.07. The van der Waals surface area contributed by atoms with Gasteiger partial charge in [0.15, 0.2) is 0 Å². The van der Waals surface area contributed by atoms with Gasteiger partial charge in [-0.15, -0.1) is 0 Å². The lowest BCUT2D eigenvalue weighted by molar-refractivity contribution is 0.904. The Balaban J connectivity index is 3.16. The van der Waals surface area contributed by atoms with Gasteiger partial charge >= 0.3 is 0 Å². The van der Waals surface area contributed by atoms with Crippen molar-refractivity contribution in [3.05, 3.63) is 71.4 Å². The molecule has 90 valence electrons. The van der Waals surface area contributed by atoms with Crippen molar-refractivity contribution in [3.8, 4) is 0 Å². The fourth-order valence-electron chi connectivity index (χ4n) is 2.06. The van der Waals surface area contributed by atoms with Crippen molar-refractivity contribution in [3.63, 3.8) is 0 Å². The molecule has 0 spiro atoms. The summed E-state index contributed by atoms with van der Waals surface area (Å²) in [7, 11) is 0. The van der Waals surface area contributed by atoms with E-state index in [9.17, 15) is 0 Å². The molecule has 0 saturated carbocycles. The highest BCUT2D eigenvalue weighted by molar-refractivity contribution is 5.54. The van der Waals surface area contributed by atoms with Crippen LogP contribution in [0.2, 0.25) is 0 Å². The largest absolute Gasteiger partial charge is 0.0991 e. The highest BCUT2D eigenvalue weighted by atomic mass is 14.2. The molecule has 17 heavy (non-hydrogen) atoms. The van der Waals surface area contributed by atoms with Crippen molar-refractivity contribution >= 4 is 0 Å². The van der Waals surface area contributed by atoms with Crippen molar-refractivity contribution < 1.29 is 0 Å². The molecule has 0 atom stereocenters. The van der Waals surface area contributed by atoms with Gasteiger partial charge in [0, 0.05) is 0 Å². The zero-order chi connectivity index (χ0) is 12.8. The van der Waals surface area contributed by atoms with E-state index in [-0.39, 0.29) is 0 Å². The summed E-state index contributed by atoms with van der Waals surface area (Å²) in [5.41, 5.74) is 6.45. The molecule has 0 aliphatic heterocycles. The summed E-state index contributed by atoms with van der Waals surface area (Å²) in [4.78, 5) is 0. The van der Waals surface area contributed by atoms with Crippen molar-refractivity contribution in [2.24, 2.45) is 0 Å². The molecule has 0 amide bonds. The maximum atomic E-state index is 4.22. The van der Waals surface area contributed by atoms with E-state index in [0.29, 0.717) is 0 Å². The van der Waals surface area contributed by atoms with E-state index in [0.717, 1.165) is 18.4 Å². The lowest BCUT2D eigenvalue weighted by atomic mass is 9.86. The molecule has 0 aromatic rings. The third-order valence-electron chi connectivity index (χ3n) is 3.07. The van der Waals surface area contributed by atoms with E-state index in [2.05, 4.69) is 52.2 Å². The minimum atomic E-state index is 1.09. The Hall–Kier alpha value is -1.56. The van der Waals surface area contributed by atoms with E-state index in [1.54, 1.807) is 0 Å². The van der Waals surface area contributed by atoms with Gasteiger partial charge in [-0.1, -0.05) is 49.1 Å². The molecular formula is C17H22. The zero-order valence-corrected chi connectivity index (χ0v) is 11.2. The highest BCUT2D eigenvalue weighted by Crippen LogP contribution is 2.32. The fraction of sp³-hybridized carbons (Fsp3) is 0.294. The second-order valence-corrected chi connectivity index (χ2v) is 4.49. The fourth-order valence-corrected chi connectivity index (χ4v) is 2.06. The number of hydrogen-bond donors (Lipinski definition) is 0. The van der Waals surface area contributed by atoms with Gasteiger partial charge in [-0.25, -0.2) is 0 Å². The maximum Gasteiger partial charge on any atom is -0.0222 e. The van der Waals surface area contributed by atoms with E-state index in [1.165, 1.54) is 22.3 Å². The van der Waals surface area contributed by atoms with Gasteiger partial charge in [-0.3, -0.25) is 0 Å². The Morgan fingerprint density at radius 3 is 2.65 bits per heavy atom. The molecule has 0 aromatic carbocycles. The minimum Gasteiger partial charge on any atom is -0.0991 e. The van der Waals surface area contributed by atoms with E-state index < -0.39 is 0 Å². The molecular weight excluding hydrogens is 204 g/mol. The van der Waals surface area contributed by atoms with Gasteiger partial charge < -0.3 is 0 Å². The monoisotopic (exact) mass is 226 g/mol. The first kappa shape index (κ1) is 13.5. The van der Waals surface area contributed by atoms with Crippen LogP contribution in [0.5, 0.6) is 0 Å². The predicted molar refractivity (Wildman–Crippen MR) is 77.9 cm³/mol. The maximum absolute atomic E-state index is 4.22. The molecule has 0 N–H and O–H groups in total. The van der Waals surface area contributed by atoms with Crippen LogP contribution in [0.15, 0.2) is 71.4 Å². The van der Waals surface area contributed by atoms with Crippen LogP contribution in [0.4, 0.5) is 0 Å². The summed E-state index contributed by atoms with van der Waals surface area (Å²) in [5, 5.41) is 0. The molecule has 0 heterocycles. The second-order valence-electron chi connectivity index (χ2n) is 4.49. The summed E-state index contributed by atoms with van der Waals surface area (Å²) < 4.78 is 0. The number of rotatable bonds is 4. The molecule has 0 heteroatoms. The quantitative estimate of drug-likeness (QED) is 0.571. The summed E-state index contributed by atoms with van der Waals surface area (Å²) >= 11 is 0. The molecule has 0 unspecified atom stereocenters. The molecule has 1 aliphatic carbocycles. The van der Waals surface area contributed by atoms with Crippen LogP contribution in [-0.2, 0) is 0 Å². The molecule has 0 saturated heterocycles. The second kappa shape index (κ2) is 6.24. The third kappa shape index (κ3) is 3.45. The van der Waals surface area contributed by atoms with E-state index in [1.807, 2.05) is 12.2 Å². The zero-order valence-electron chi connectivity index (χ0n) is 11.2. The first-order valence-corrected chi connectivity index (χ1v) is 6.12. The van der Waals surface area contributed by atoms with Crippen LogP contribution in [0.25, 0.3) is 0 Å². The summed E-state index contributed by atoms with van der Waals surface area (Å²) in [6, 6.07) is 0. The van der Waals surface area contributed by atoms with Crippen LogP contribution in [0, 0.1) is 0 Å². The molecule has 1 rings (SSSR count). The van der Waals surface area contributed by atoms with Crippen molar-refractivity contribution in [2.75, 3.05) is 0 Å². The molecule has 0 radical (unpaired) electrons. The molecule has 0 nitrogen and oxygen atoms in total. The lowest BCUT2D eigenvalue weighted by Crippen LogP contribution is -2.00. The smallest absolute Gasteiger partial charge is 0.0222 e. The van der Waals surface area contributed by atoms with Crippen LogP contribution < -0.4 is 0 Å². The van der Waals surface area contributed by atoms with Gasteiger partial charge in [0.2, 0.25) is 0 Å². The normalized spacial score (nSPS) is 17.4. The average molecular weight is 226 g/mol. The molecule has 1 aliphatic rings. The van der Waals surface area contributed by atoms with E-state index >= 15 is 0 Å². The van der Waals surface area contributed by atoms with Crippen molar-refractivity contribution in [1.29, 1.82) is 0 Å². The predicted octanol–water partition coefficient (Wildman–Crippen LogP) is 5.29. The lowest BCUT2D eigenvalue weighted by Gasteiger charge is -2.19. The standard InChI is InChI=1S/C17H22/c1-6-8-14(4)15(5)17-11-10-13(3)12-16(17)9-7-2/h6-9,12H,1,5,10-11H2,2-4H3/b9-7-,14-8-. The van der Waals surface area contributed by atoms with Crippen LogP contribution in [0.1, 0.15) is 33.6 Å². The Kier molecular flexibility index (Phi) is 4.96. The van der Waals surface area contributed by atoms with Gasteiger partial charge in [0.1, 0.15) is 0 Å². The Morgan fingerprint density at radius 1 is 1.35 bits per heavy atom. The van der Waals surface area contributed by atoms with Gasteiger partial charge in [-0.2, -0.15) is 0 Å². The van der Waals surface area contributed by atoms with Crippen molar-refractivity contribution in [1.82, 2.24) is 0 Å². The molecule has 0 aromatic heterocycles. The summed E-state index contributed by atoms with van der Waals surface area (Å²) in [6.45, 7) is 14.3. The van der Waals surface area contributed by atoms with Crippen LogP contribution in [0.3, 0.4) is 0 Å². The van der Waals surface area contributed by atoms with Crippen LogP contribution >= 0.6 is 0 Å². The molecule has 0 bridgehead atoms.